The minimum absolute atomic E-state index is 0.0762. The fourth-order valence-electron chi connectivity index (χ4n) is 12.5. The molecule has 8 fully saturated rings. The van der Waals surface area contributed by atoms with E-state index in [1.165, 1.54) is 76.2 Å². The van der Waals surface area contributed by atoms with E-state index in [4.69, 9.17) is 0 Å². The fourth-order valence-corrected chi connectivity index (χ4v) is 12.5. The third-order valence-electron chi connectivity index (χ3n) is 13.0. The van der Waals surface area contributed by atoms with Crippen molar-refractivity contribution < 1.29 is 0 Å². The lowest BCUT2D eigenvalue weighted by atomic mass is 9.29. The van der Waals surface area contributed by atoms with Crippen LogP contribution in [0.3, 0.4) is 0 Å². The lowest BCUT2D eigenvalue weighted by molar-refractivity contribution is -0.231. The van der Waals surface area contributed by atoms with E-state index in [1.54, 1.807) is 0 Å². The van der Waals surface area contributed by atoms with Crippen molar-refractivity contribution in [1.82, 2.24) is 0 Å². The Morgan fingerprint density at radius 1 is 0.386 bits per heavy atom. The van der Waals surface area contributed by atoms with Crippen molar-refractivity contribution in [2.45, 2.75) is 77.0 Å². The zero-order chi connectivity index (χ0) is 29.3. The molecule has 0 aliphatic heterocycles. The maximum atomic E-state index is 4.03. The van der Waals surface area contributed by atoms with Crippen LogP contribution in [0.1, 0.15) is 93.7 Å². The summed E-state index contributed by atoms with van der Waals surface area (Å²) < 4.78 is 0. The first kappa shape index (κ1) is 26.7. The number of hydrogen-bond acceptors (Lipinski definition) is 0. The molecule has 8 aliphatic carbocycles. The molecular formula is C44H42. The monoisotopic (exact) mass is 570 g/mol. The predicted octanol–water partition coefficient (Wildman–Crippen LogP) is 9.68. The zero-order valence-corrected chi connectivity index (χ0v) is 25.9. The van der Waals surface area contributed by atoms with Crippen molar-refractivity contribution in [1.29, 1.82) is 0 Å². The molecule has 0 spiro atoms. The smallest absolute Gasteiger partial charge is 0.0341 e. The van der Waals surface area contributed by atoms with Gasteiger partial charge in [-0.2, -0.15) is 0 Å². The van der Waals surface area contributed by atoms with Crippen LogP contribution in [-0.4, -0.2) is 0 Å². The van der Waals surface area contributed by atoms with E-state index in [0.29, 0.717) is 10.8 Å². The van der Waals surface area contributed by atoms with Gasteiger partial charge in [0.05, 0.1) is 0 Å². The lowest BCUT2D eigenvalue weighted by Gasteiger charge is -2.74. The van der Waals surface area contributed by atoms with Gasteiger partial charge in [-0.05, 0) is 142 Å². The maximum Gasteiger partial charge on any atom is 0.0341 e. The lowest BCUT2D eigenvalue weighted by Crippen LogP contribution is -2.66. The molecule has 0 N–H and O–H groups in total. The normalized spacial score (nSPS) is 40.2. The van der Waals surface area contributed by atoms with E-state index < -0.39 is 0 Å². The molecule has 11 rings (SSSR count). The van der Waals surface area contributed by atoms with E-state index >= 15 is 0 Å². The summed E-state index contributed by atoms with van der Waals surface area (Å²) in [6.07, 6.45) is 15.9. The molecule has 4 unspecified atom stereocenters. The average Bonchev–Trinajstić information content (AvgIpc) is 3.02. The van der Waals surface area contributed by atoms with Gasteiger partial charge in [0.2, 0.25) is 0 Å². The fraction of sp³-hybridized carbons (Fsp3) is 0.455. The first-order valence-corrected chi connectivity index (χ1v) is 17.2. The third kappa shape index (κ3) is 4.39. The summed E-state index contributed by atoms with van der Waals surface area (Å²) in [5.74, 6) is 25.6. The minimum atomic E-state index is 0.0762. The molecule has 0 radical (unpaired) electrons. The van der Waals surface area contributed by atoms with E-state index in [0.717, 1.165) is 35.3 Å². The standard InChI is InChI=1S/C44H42/c1-4-10-34(11-5-1)16-19-40-23-37-22-38(24-40)28-43(27-37,31-40)44-29-39-25-41(32-44,20-17-35-12-6-2-7-13-35)30-42(26-39,33-44)21-18-36-14-8-3-9-15-36/h1-15,37-39H,22-33H2. The van der Waals surface area contributed by atoms with Crippen LogP contribution in [0.15, 0.2) is 91.0 Å². The van der Waals surface area contributed by atoms with Crippen LogP contribution < -0.4 is 0 Å². The zero-order valence-electron chi connectivity index (χ0n) is 25.9. The molecular weight excluding hydrogens is 528 g/mol. The Labute approximate surface area is 264 Å². The summed E-state index contributed by atoms with van der Waals surface area (Å²) in [6, 6.07) is 32.2. The summed E-state index contributed by atoms with van der Waals surface area (Å²) in [5.41, 5.74) is 4.56. The Balaban J connectivity index is 1.15. The second-order valence-corrected chi connectivity index (χ2v) is 16.2. The van der Waals surface area contributed by atoms with Gasteiger partial charge in [-0.3, -0.25) is 0 Å². The van der Waals surface area contributed by atoms with Crippen LogP contribution in [0.2, 0.25) is 0 Å². The Kier molecular flexibility index (Phi) is 5.87. The van der Waals surface area contributed by atoms with Crippen LogP contribution in [0.4, 0.5) is 0 Å². The first-order valence-electron chi connectivity index (χ1n) is 17.2. The van der Waals surface area contributed by atoms with Crippen molar-refractivity contribution in [3.63, 3.8) is 0 Å². The van der Waals surface area contributed by atoms with Gasteiger partial charge in [0.15, 0.2) is 0 Å². The molecule has 3 aromatic rings. The van der Waals surface area contributed by atoms with Gasteiger partial charge in [-0.1, -0.05) is 90.1 Å². The molecule has 0 amide bonds. The van der Waals surface area contributed by atoms with Crippen LogP contribution in [0.25, 0.3) is 0 Å². The molecule has 0 aromatic heterocycles. The molecule has 0 saturated heterocycles. The minimum Gasteiger partial charge on any atom is -0.0910 e. The second-order valence-electron chi connectivity index (χ2n) is 16.2. The van der Waals surface area contributed by atoms with Gasteiger partial charge in [-0.15, -0.1) is 0 Å². The molecule has 3 aromatic carbocycles. The molecule has 0 heterocycles. The summed E-state index contributed by atoms with van der Waals surface area (Å²) in [6.45, 7) is 0. The van der Waals surface area contributed by atoms with Crippen molar-refractivity contribution in [2.24, 2.45) is 44.8 Å². The summed E-state index contributed by atoms with van der Waals surface area (Å²) >= 11 is 0. The largest absolute Gasteiger partial charge is 0.0910 e. The number of hydrogen-bond donors (Lipinski definition) is 0. The highest BCUT2D eigenvalue weighted by Crippen LogP contribution is 2.80. The van der Waals surface area contributed by atoms with Gasteiger partial charge in [0.25, 0.3) is 0 Å². The van der Waals surface area contributed by atoms with Gasteiger partial charge in [-0.25, -0.2) is 0 Å². The number of benzene rings is 3. The summed E-state index contributed by atoms with van der Waals surface area (Å²) in [7, 11) is 0. The molecule has 0 heteroatoms. The van der Waals surface area contributed by atoms with Crippen LogP contribution in [0.5, 0.6) is 0 Å². The molecule has 8 aliphatic rings. The maximum absolute atomic E-state index is 4.03. The van der Waals surface area contributed by atoms with Gasteiger partial charge in [0.1, 0.15) is 0 Å². The SMILES string of the molecule is C(#CC12CC3CC(C1)CC(C14CC5CC(C#Cc6ccccc6)(CC(C#Cc6ccccc6)(C5)C1)C4)(C3)C2)c1ccccc1. The molecule has 0 nitrogen and oxygen atoms in total. The average molecular weight is 571 g/mol. The molecule has 8 bridgehead atoms. The molecule has 218 valence electrons. The van der Waals surface area contributed by atoms with Gasteiger partial charge in [0, 0.05) is 32.9 Å². The van der Waals surface area contributed by atoms with Crippen molar-refractivity contribution in [2.75, 3.05) is 0 Å². The summed E-state index contributed by atoms with van der Waals surface area (Å²) in [5, 5.41) is 0. The quantitative estimate of drug-likeness (QED) is 0.256. The van der Waals surface area contributed by atoms with Crippen molar-refractivity contribution in [3.05, 3.63) is 108 Å². The molecule has 4 atom stereocenters. The van der Waals surface area contributed by atoms with Gasteiger partial charge >= 0.3 is 0 Å². The predicted molar refractivity (Wildman–Crippen MR) is 178 cm³/mol. The van der Waals surface area contributed by atoms with Crippen molar-refractivity contribution >= 4 is 0 Å². The summed E-state index contributed by atoms with van der Waals surface area (Å²) in [4.78, 5) is 0. The highest BCUT2D eigenvalue weighted by atomic mass is 14.7. The topological polar surface area (TPSA) is 0 Å². The van der Waals surface area contributed by atoms with Crippen LogP contribution >= 0.6 is 0 Å². The van der Waals surface area contributed by atoms with Crippen molar-refractivity contribution in [3.8, 4) is 35.5 Å². The first-order chi connectivity index (χ1) is 21.5. The second kappa shape index (κ2) is 9.67. The highest BCUT2D eigenvalue weighted by molar-refractivity contribution is 5.42. The Morgan fingerprint density at radius 3 is 1.25 bits per heavy atom. The van der Waals surface area contributed by atoms with Gasteiger partial charge < -0.3 is 0 Å². The van der Waals surface area contributed by atoms with E-state index in [1.807, 2.05) is 0 Å². The Bertz CT molecular complexity index is 1670. The molecule has 44 heavy (non-hydrogen) atoms. The highest BCUT2D eigenvalue weighted by Gasteiger charge is 2.72. The molecule has 8 saturated carbocycles. The third-order valence-corrected chi connectivity index (χ3v) is 13.0. The van der Waals surface area contributed by atoms with E-state index in [-0.39, 0.29) is 16.2 Å². The van der Waals surface area contributed by atoms with Crippen LogP contribution in [-0.2, 0) is 0 Å². The van der Waals surface area contributed by atoms with Crippen LogP contribution in [0, 0.1) is 80.4 Å². The van der Waals surface area contributed by atoms with E-state index in [9.17, 15) is 0 Å². The Hall–Kier alpha value is -3.66. The Morgan fingerprint density at radius 2 is 0.773 bits per heavy atom. The van der Waals surface area contributed by atoms with E-state index in [2.05, 4.69) is 127 Å². The number of rotatable bonds is 1.